The van der Waals surface area contributed by atoms with Gasteiger partial charge in [0.2, 0.25) is 0 Å². The van der Waals surface area contributed by atoms with Gasteiger partial charge in [-0.25, -0.2) is 0 Å². The summed E-state index contributed by atoms with van der Waals surface area (Å²) < 4.78 is 39.0. The van der Waals surface area contributed by atoms with E-state index in [2.05, 4.69) is 39.9 Å². The number of nitrogens with zero attached hydrogens (tertiary/aromatic N) is 5. The van der Waals surface area contributed by atoms with Gasteiger partial charge in [-0.2, -0.15) is 23.4 Å². The maximum Gasteiger partial charge on any atom is 0.435 e. The van der Waals surface area contributed by atoms with Gasteiger partial charge in [0.15, 0.2) is 5.69 Å². The third kappa shape index (κ3) is 4.53. The topological polar surface area (TPSA) is 91.6 Å². The van der Waals surface area contributed by atoms with Crippen molar-refractivity contribution in [1.82, 2.24) is 24.5 Å². The van der Waals surface area contributed by atoms with Crippen LogP contribution in [0.15, 0.2) is 30.5 Å². The summed E-state index contributed by atoms with van der Waals surface area (Å²) >= 11 is 0. The van der Waals surface area contributed by atoms with Crippen LogP contribution in [0.1, 0.15) is 60.2 Å². The Labute approximate surface area is 183 Å². The van der Waals surface area contributed by atoms with Gasteiger partial charge in [0.1, 0.15) is 5.69 Å². The Morgan fingerprint density at radius 3 is 2.47 bits per heavy atom. The molecule has 1 fully saturated rings. The van der Waals surface area contributed by atoms with Crippen molar-refractivity contribution in [3.63, 3.8) is 0 Å². The SMILES string of the molecule is CC1(c2cc(-c3cc4n(n3)CCCC4)ccn2)CC1.Cn1nc(C(F)(F)F)cc1C(N)=O. The van der Waals surface area contributed by atoms with Crippen molar-refractivity contribution < 1.29 is 18.0 Å². The molecule has 10 heteroatoms. The van der Waals surface area contributed by atoms with Crippen molar-refractivity contribution in [3.8, 4) is 11.3 Å². The molecule has 1 aliphatic carbocycles. The molecule has 0 saturated heterocycles. The van der Waals surface area contributed by atoms with Crippen LogP contribution in [0.5, 0.6) is 0 Å². The standard InChI is InChI=1S/C16H19N3.C6H6F3N3O/c1-16(6-7-16)15-10-12(5-8-17-15)14-11-13-4-2-3-9-19(13)18-14;1-12-3(5(10)13)2-4(11-12)6(7,8)9/h5,8,10-11H,2-4,6-7,9H2,1H3;2H,1H3,(H2,10,13). The summed E-state index contributed by atoms with van der Waals surface area (Å²) in [6.45, 7) is 3.38. The number of pyridine rings is 1. The molecule has 0 radical (unpaired) electrons. The summed E-state index contributed by atoms with van der Waals surface area (Å²) in [5.41, 5.74) is 8.70. The molecule has 3 aromatic rings. The Kier molecular flexibility index (Phi) is 5.56. The Balaban J connectivity index is 0.000000166. The summed E-state index contributed by atoms with van der Waals surface area (Å²) in [6, 6.07) is 7.20. The average molecular weight is 446 g/mol. The molecule has 1 saturated carbocycles. The van der Waals surface area contributed by atoms with E-state index in [0.29, 0.717) is 11.5 Å². The van der Waals surface area contributed by atoms with E-state index in [1.807, 2.05) is 6.20 Å². The van der Waals surface area contributed by atoms with Crippen molar-refractivity contribution in [2.45, 2.75) is 57.2 Å². The first-order valence-electron chi connectivity index (χ1n) is 10.5. The van der Waals surface area contributed by atoms with Crippen LogP contribution in [0.3, 0.4) is 0 Å². The van der Waals surface area contributed by atoms with E-state index in [9.17, 15) is 18.0 Å². The van der Waals surface area contributed by atoms with E-state index in [0.717, 1.165) is 16.9 Å². The number of halogens is 3. The van der Waals surface area contributed by atoms with Gasteiger partial charge in [-0.3, -0.25) is 19.1 Å². The van der Waals surface area contributed by atoms with E-state index >= 15 is 0 Å². The molecule has 1 amide bonds. The van der Waals surface area contributed by atoms with Gasteiger partial charge >= 0.3 is 6.18 Å². The van der Waals surface area contributed by atoms with Crippen LogP contribution in [0.25, 0.3) is 11.3 Å². The van der Waals surface area contributed by atoms with Gasteiger partial charge < -0.3 is 5.73 Å². The Bertz CT molecular complexity index is 1120. The van der Waals surface area contributed by atoms with Crippen LogP contribution in [0, 0.1) is 0 Å². The highest BCUT2D eigenvalue weighted by Crippen LogP contribution is 2.47. The fourth-order valence-corrected chi connectivity index (χ4v) is 3.76. The first kappa shape index (κ1) is 22.0. The molecule has 3 aromatic heterocycles. The lowest BCUT2D eigenvalue weighted by Gasteiger charge is -2.11. The molecule has 170 valence electrons. The first-order valence-corrected chi connectivity index (χ1v) is 10.5. The summed E-state index contributed by atoms with van der Waals surface area (Å²) in [5, 5.41) is 7.85. The molecule has 0 spiro atoms. The second-order valence-corrected chi connectivity index (χ2v) is 8.59. The lowest BCUT2D eigenvalue weighted by molar-refractivity contribution is -0.141. The van der Waals surface area contributed by atoms with Crippen LogP contribution < -0.4 is 5.73 Å². The predicted molar refractivity (Wildman–Crippen MR) is 112 cm³/mol. The normalized spacial score (nSPS) is 16.7. The highest BCUT2D eigenvalue weighted by Gasteiger charge is 2.40. The van der Waals surface area contributed by atoms with E-state index in [4.69, 9.17) is 10.8 Å². The maximum absolute atomic E-state index is 12.0. The van der Waals surface area contributed by atoms with Crippen molar-refractivity contribution in [2.24, 2.45) is 12.8 Å². The number of carbonyl (C=O) groups is 1. The number of aryl methyl sites for hydroxylation is 3. The Morgan fingerprint density at radius 2 is 1.91 bits per heavy atom. The zero-order valence-corrected chi connectivity index (χ0v) is 18.0. The average Bonchev–Trinajstić information content (AvgIpc) is 3.17. The lowest BCUT2D eigenvalue weighted by Crippen LogP contribution is -2.15. The minimum absolute atomic E-state index is 0.271. The van der Waals surface area contributed by atoms with E-state index in [1.54, 1.807) is 0 Å². The lowest BCUT2D eigenvalue weighted by atomic mass is 10.0. The van der Waals surface area contributed by atoms with Crippen molar-refractivity contribution in [2.75, 3.05) is 0 Å². The number of carbonyl (C=O) groups excluding carboxylic acids is 1. The second kappa shape index (κ2) is 8.07. The van der Waals surface area contributed by atoms with Crippen LogP contribution in [0.4, 0.5) is 13.2 Å². The van der Waals surface area contributed by atoms with Gasteiger partial charge in [0.05, 0.1) is 5.69 Å². The summed E-state index contributed by atoms with van der Waals surface area (Å²) in [6.07, 6.45) is 3.64. The van der Waals surface area contributed by atoms with Crippen LogP contribution in [-0.2, 0) is 31.6 Å². The van der Waals surface area contributed by atoms with Gasteiger partial charge in [0, 0.05) is 48.2 Å². The quantitative estimate of drug-likeness (QED) is 0.661. The summed E-state index contributed by atoms with van der Waals surface area (Å²) in [5.74, 6) is -0.939. The molecule has 0 aromatic carbocycles. The first-order chi connectivity index (χ1) is 15.1. The fourth-order valence-electron chi connectivity index (χ4n) is 3.76. The number of fused-ring (bicyclic) bond motifs is 1. The number of aromatic nitrogens is 5. The van der Waals surface area contributed by atoms with Crippen LogP contribution in [0.2, 0.25) is 0 Å². The number of primary amides is 1. The van der Waals surface area contributed by atoms with Gasteiger partial charge in [-0.15, -0.1) is 0 Å². The Morgan fingerprint density at radius 1 is 1.16 bits per heavy atom. The fraction of sp³-hybridized carbons (Fsp3) is 0.455. The maximum atomic E-state index is 12.0. The molecule has 2 aliphatic rings. The van der Waals surface area contributed by atoms with Crippen LogP contribution >= 0.6 is 0 Å². The van der Waals surface area contributed by atoms with Gasteiger partial charge in [-0.1, -0.05) is 6.92 Å². The highest BCUT2D eigenvalue weighted by molar-refractivity contribution is 5.91. The highest BCUT2D eigenvalue weighted by atomic mass is 19.4. The van der Waals surface area contributed by atoms with E-state index < -0.39 is 17.8 Å². The van der Waals surface area contributed by atoms with Gasteiger partial charge in [-0.05, 0) is 50.3 Å². The van der Waals surface area contributed by atoms with Crippen molar-refractivity contribution in [1.29, 1.82) is 0 Å². The van der Waals surface area contributed by atoms with Crippen LogP contribution in [-0.4, -0.2) is 30.5 Å². The number of alkyl halides is 3. The molecule has 1 aliphatic heterocycles. The van der Waals surface area contributed by atoms with E-state index in [1.165, 1.54) is 56.1 Å². The molecule has 0 atom stereocenters. The monoisotopic (exact) mass is 446 g/mol. The molecule has 5 rings (SSSR count). The third-order valence-electron chi connectivity index (χ3n) is 6.01. The molecule has 32 heavy (non-hydrogen) atoms. The molecule has 4 heterocycles. The predicted octanol–water partition coefficient (Wildman–Crippen LogP) is 3.87. The largest absolute Gasteiger partial charge is 0.435 e. The molecule has 0 unspecified atom stereocenters. The molecule has 0 bridgehead atoms. The minimum atomic E-state index is -4.55. The van der Waals surface area contributed by atoms with E-state index in [-0.39, 0.29) is 5.69 Å². The molecule has 7 nitrogen and oxygen atoms in total. The molecular weight excluding hydrogens is 421 g/mol. The molecule has 2 N–H and O–H groups in total. The molecular formula is C22H25F3N6O. The summed E-state index contributed by atoms with van der Waals surface area (Å²) in [4.78, 5) is 15.1. The van der Waals surface area contributed by atoms with Crippen molar-refractivity contribution >= 4 is 5.91 Å². The second-order valence-electron chi connectivity index (χ2n) is 8.59. The van der Waals surface area contributed by atoms with Gasteiger partial charge in [0.25, 0.3) is 5.91 Å². The Hall–Kier alpha value is -3.17. The zero-order valence-electron chi connectivity index (χ0n) is 18.0. The number of amides is 1. The minimum Gasteiger partial charge on any atom is -0.364 e. The smallest absolute Gasteiger partial charge is 0.364 e. The number of hydrogen-bond acceptors (Lipinski definition) is 4. The van der Waals surface area contributed by atoms with Crippen molar-refractivity contribution in [3.05, 3.63) is 53.2 Å². The number of hydrogen-bond donors (Lipinski definition) is 1. The zero-order chi connectivity index (χ0) is 23.1. The number of rotatable bonds is 3. The summed E-state index contributed by atoms with van der Waals surface area (Å²) in [7, 11) is 1.22. The number of nitrogens with two attached hydrogens (primary N) is 1. The third-order valence-corrected chi connectivity index (χ3v) is 6.01.